The molecule has 3 aromatic heterocycles. The third-order valence-electron chi connectivity index (χ3n) is 6.37. The van der Waals surface area contributed by atoms with Gasteiger partial charge < -0.3 is 0 Å². The zero-order valence-electron chi connectivity index (χ0n) is 18.6. The predicted octanol–water partition coefficient (Wildman–Crippen LogP) is 7.79. The third kappa shape index (κ3) is 3.28. The molecule has 0 amide bonds. The van der Waals surface area contributed by atoms with E-state index in [2.05, 4.69) is 88.8 Å². The molecule has 0 atom stereocenters. The minimum absolute atomic E-state index is 0.740. The summed E-state index contributed by atoms with van der Waals surface area (Å²) in [7, 11) is 0. The molecule has 0 spiro atoms. The van der Waals surface area contributed by atoms with E-state index in [1.807, 2.05) is 30.6 Å². The molecule has 7 aromatic rings. The van der Waals surface area contributed by atoms with Gasteiger partial charge in [-0.3, -0.25) is 9.97 Å². The zero-order valence-corrected chi connectivity index (χ0v) is 19.4. The van der Waals surface area contributed by atoms with Crippen LogP contribution in [0.4, 0.5) is 0 Å². The summed E-state index contributed by atoms with van der Waals surface area (Å²) in [5, 5.41) is 5.29. The summed E-state index contributed by atoms with van der Waals surface area (Å²) in [6.45, 7) is 0. The Hall–Kier alpha value is -4.48. The topological polar surface area (TPSA) is 51.6 Å². The van der Waals surface area contributed by atoms with Crippen molar-refractivity contribution in [3.05, 3.63) is 109 Å². The Morgan fingerprint density at radius 1 is 0.543 bits per heavy atom. The number of rotatable bonds is 3. The van der Waals surface area contributed by atoms with E-state index >= 15 is 0 Å². The van der Waals surface area contributed by atoms with Crippen LogP contribution in [-0.4, -0.2) is 19.3 Å². The quantitative estimate of drug-likeness (QED) is 0.249. The summed E-state index contributed by atoms with van der Waals surface area (Å²) in [5.74, 6) is 0.740. The fraction of sp³-hybridized carbons (Fsp3) is 0. The van der Waals surface area contributed by atoms with Gasteiger partial charge in [-0.05, 0) is 51.6 Å². The molecule has 0 aliphatic heterocycles. The summed E-state index contributed by atoms with van der Waals surface area (Å²) in [6, 6.07) is 33.5. The average molecular weight is 467 g/mol. The number of fused-ring (bicyclic) bond motifs is 4. The maximum Gasteiger partial charge on any atom is 0.174 e. The lowest BCUT2D eigenvalue weighted by Gasteiger charge is -2.09. The van der Waals surface area contributed by atoms with Gasteiger partial charge >= 0.3 is 0 Å². The maximum atomic E-state index is 5.02. The highest BCUT2D eigenvalue weighted by atomic mass is 32.1. The van der Waals surface area contributed by atoms with Crippen molar-refractivity contribution in [2.24, 2.45) is 0 Å². The van der Waals surface area contributed by atoms with Gasteiger partial charge in [0.1, 0.15) is 5.01 Å². The number of hydrogen-bond acceptors (Lipinski definition) is 5. The van der Waals surface area contributed by atoms with E-state index in [1.165, 1.54) is 28.0 Å². The molecule has 4 nitrogen and oxygen atoms in total. The van der Waals surface area contributed by atoms with Crippen molar-refractivity contribution < 1.29 is 0 Å². The summed E-state index contributed by atoms with van der Waals surface area (Å²) < 4.78 is 4.80. The molecule has 0 saturated carbocycles. The predicted molar refractivity (Wildman–Crippen MR) is 144 cm³/mol. The standard InChI is InChI=1S/C30H18N4S/c1-2-8-19(9-3-1)21-11-4-13-23-22(21)12-5-14-25(23)29-33-30(35-34-29)26-18-20-10-6-16-31-27(20)28-24(26)15-7-17-32-28/h1-18H. The molecule has 0 aliphatic carbocycles. The fourth-order valence-corrected chi connectivity index (χ4v) is 5.48. The molecule has 0 aliphatic rings. The first-order valence-electron chi connectivity index (χ1n) is 11.4. The SMILES string of the molecule is c1ccc(-c2cccc3c(-c4nsc(-c5cc6cccnc6c6ncccc56)n4)cccc23)cc1. The molecule has 0 bridgehead atoms. The van der Waals surface area contributed by atoms with Gasteiger partial charge in [-0.2, -0.15) is 4.37 Å². The van der Waals surface area contributed by atoms with Crippen LogP contribution >= 0.6 is 11.5 Å². The van der Waals surface area contributed by atoms with Gasteiger partial charge in [0.15, 0.2) is 5.82 Å². The van der Waals surface area contributed by atoms with Crippen LogP contribution in [-0.2, 0) is 0 Å². The third-order valence-corrected chi connectivity index (χ3v) is 7.11. The Bertz CT molecular complexity index is 1860. The molecule has 35 heavy (non-hydrogen) atoms. The lowest BCUT2D eigenvalue weighted by molar-refractivity contribution is 1.33. The average Bonchev–Trinajstić information content (AvgIpc) is 3.42. The van der Waals surface area contributed by atoms with Crippen molar-refractivity contribution in [2.75, 3.05) is 0 Å². The van der Waals surface area contributed by atoms with Gasteiger partial charge in [0.2, 0.25) is 0 Å². The van der Waals surface area contributed by atoms with Crippen molar-refractivity contribution in [1.82, 2.24) is 19.3 Å². The molecule has 0 unspecified atom stereocenters. The molecule has 5 heteroatoms. The minimum atomic E-state index is 0.740. The second-order valence-electron chi connectivity index (χ2n) is 8.39. The largest absolute Gasteiger partial charge is 0.254 e. The highest BCUT2D eigenvalue weighted by Gasteiger charge is 2.16. The Kier molecular flexibility index (Phi) is 4.60. The van der Waals surface area contributed by atoms with Gasteiger partial charge in [0, 0.05) is 34.3 Å². The van der Waals surface area contributed by atoms with Crippen LogP contribution in [0.15, 0.2) is 109 Å². The zero-order chi connectivity index (χ0) is 23.2. The first-order chi connectivity index (χ1) is 17.4. The lowest BCUT2D eigenvalue weighted by atomic mass is 9.95. The monoisotopic (exact) mass is 466 g/mol. The number of aromatic nitrogens is 4. The highest BCUT2D eigenvalue weighted by Crippen LogP contribution is 2.37. The summed E-state index contributed by atoms with van der Waals surface area (Å²) in [6.07, 6.45) is 3.62. The first kappa shape index (κ1) is 19.9. The van der Waals surface area contributed by atoms with E-state index in [1.54, 1.807) is 0 Å². The summed E-state index contributed by atoms with van der Waals surface area (Å²) >= 11 is 1.42. The number of pyridine rings is 2. The van der Waals surface area contributed by atoms with Gasteiger partial charge in [-0.1, -0.05) is 78.9 Å². The van der Waals surface area contributed by atoms with E-state index in [0.717, 1.165) is 49.2 Å². The highest BCUT2D eigenvalue weighted by molar-refractivity contribution is 7.09. The molecular formula is C30H18N4S. The second kappa shape index (κ2) is 8.08. The smallest absolute Gasteiger partial charge is 0.174 e. The molecular weight excluding hydrogens is 448 g/mol. The number of benzene rings is 4. The Morgan fingerprint density at radius 3 is 2.11 bits per heavy atom. The van der Waals surface area contributed by atoms with E-state index in [0.29, 0.717) is 0 Å². The molecule has 0 fully saturated rings. The molecule has 0 saturated heterocycles. The van der Waals surface area contributed by atoms with E-state index < -0.39 is 0 Å². The van der Waals surface area contributed by atoms with Crippen molar-refractivity contribution in [3.8, 4) is 33.1 Å². The number of nitrogens with zero attached hydrogens (tertiary/aromatic N) is 4. The van der Waals surface area contributed by atoms with Gasteiger partial charge in [-0.15, -0.1) is 0 Å². The lowest BCUT2D eigenvalue weighted by Crippen LogP contribution is -1.89. The van der Waals surface area contributed by atoms with E-state index in [-0.39, 0.29) is 0 Å². The van der Waals surface area contributed by atoms with Crippen LogP contribution in [0, 0.1) is 0 Å². The van der Waals surface area contributed by atoms with Crippen LogP contribution in [0.25, 0.3) is 65.7 Å². The van der Waals surface area contributed by atoms with E-state index in [4.69, 9.17) is 9.36 Å². The van der Waals surface area contributed by atoms with Crippen LogP contribution in [0.3, 0.4) is 0 Å². The van der Waals surface area contributed by atoms with Gasteiger partial charge in [0.25, 0.3) is 0 Å². The van der Waals surface area contributed by atoms with Crippen molar-refractivity contribution in [1.29, 1.82) is 0 Å². The van der Waals surface area contributed by atoms with Crippen LogP contribution in [0.2, 0.25) is 0 Å². The van der Waals surface area contributed by atoms with E-state index in [9.17, 15) is 0 Å². The van der Waals surface area contributed by atoms with Gasteiger partial charge in [-0.25, -0.2) is 4.98 Å². The Morgan fingerprint density at radius 2 is 1.26 bits per heavy atom. The maximum absolute atomic E-state index is 5.02. The molecule has 3 heterocycles. The Balaban J connectivity index is 1.41. The molecule has 4 aromatic carbocycles. The van der Waals surface area contributed by atoms with Crippen molar-refractivity contribution in [3.63, 3.8) is 0 Å². The second-order valence-corrected chi connectivity index (χ2v) is 9.15. The summed E-state index contributed by atoms with van der Waals surface area (Å²) in [5.41, 5.74) is 6.26. The first-order valence-corrected chi connectivity index (χ1v) is 12.2. The minimum Gasteiger partial charge on any atom is -0.254 e. The molecule has 0 radical (unpaired) electrons. The molecule has 0 N–H and O–H groups in total. The Labute approximate surface area is 205 Å². The van der Waals surface area contributed by atoms with Gasteiger partial charge in [0.05, 0.1) is 11.0 Å². The fourth-order valence-electron chi connectivity index (χ4n) is 4.77. The van der Waals surface area contributed by atoms with Crippen LogP contribution in [0.5, 0.6) is 0 Å². The summed E-state index contributed by atoms with van der Waals surface area (Å²) in [4.78, 5) is 14.2. The number of hydrogen-bond donors (Lipinski definition) is 0. The van der Waals surface area contributed by atoms with Crippen LogP contribution in [0.1, 0.15) is 0 Å². The molecule has 7 rings (SSSR count). The normalized spacial score (nSPS) is 11.4. The van der Waals surface area contributed by atoms with Crippen molar-refractivity contribution >= 4 is 44.1 Å². The van der Waals surface area contributed by atoms with Crippen LogP contribution < -0.4 is 0 Å². The van der Waals surface area contributed by atoms with Crippen molar-refractivity contribution in [2.45, 2.75) is 0 Å². The molecule has 164 valence electrons.